The number of aliphatic carboxylic acids is 1. The summed E-state index contributed by atoms with van der Waals surface area (Å²) in [6, 6.07) is 5.98. The number of thiophene rings is 1. The third kappa shape index (κ3) is 4.09. The number of ether oxygens (including phenoxy) is 2. The SMILES string of the molecule is Cc1sc2nc(C3CCC(C(=O)O)CC3)nc(NCCc3ccc4c(c3)OCO4)c2c1Cl. The van der Waals surface area contributed by atoms with Crippen LogP contribution >= 0.6 is 22.9 Å². The summed E-state index contributed by atoms with van der Waals surface area (Å²) in [5, 5.41) is 14.3. The molecule has 0 amide bonds. The number of carbonyl (C=O) groups is 1. The van der Waals surface area contributed by atoms with Crippen LogP contribution in [0.15, 0.2) is 18.2 Å². The molecule has 1 saturated carbocycles. The molecule has 3 heterocycles. The molecule has 1 fully saturated rings. The minimum Gasteiger partial charge on any atom is -0.481 e. The van der Waals surface area contributed by atoms with Crippen LogP contribution in [-0.4, -0.2) is 34.4 Å². The van der Waals surface area contributed by atoms with E-state index in [2.05, 4.69) is 5.32 Å². The van der Waals surface area contributed by atoms with E-state index in [1.807, 2.05) is 25.1 Å². The Bertz CT molecular complexity index is 1170. The van der Waals surface area contributed by atoms with E-state index in [-0.39, 0.29) is 18.6 Å². The van der Waals surface area contributed by atoms with Crippen molar-refractivity contribution in [3.05, 3.63) is 39.5 Å². The van der Waals surface area contributed by atoms with E-state index in [4.69, 9.17) is 31.0 Å². The molecule has 1 aromatic carbocycles. The molecule has 3 aromatic rings. The van der Waals surface area contributed by atoms with E-state index in [0.717, 1.165) is 63.1 Å². The van der Waals surface area contributed by atoms with Crippen molar-refractivity contribution in [1.82, 2.24) is 9.97 Å². The quantitative estimate of drug-likeness (QED) is 0.495. The maximum absolute atomic E-state index is 11.3. The first-order valence-corrected chi connectivity index (χ1v) is 12.0. The minimum absolute atomic E-state index is 0.172. The van der Waals surface area contributed by atoms with Crippen LogP contribution in [0, 0.1) is 12.8 Å². The number of rotatable bonds is 6. The largest absolute Gasteiger partial charge is 0.481 e. The zero-order valence-electron chi connectivity index (χ0n) is 17.7. The average molecular weight is 474 g/mol. The summed E-state index contributed by atoms with van der Waals surface area (Å²) in [6.45, 7) is 2.94. The highest BCUT2D eigenvalue weighted by Crippen LogP contribution is 2.41. The van der Waals surface area contributed by atoms with Crippen LogP contribution in [0.1, 0.15) is 47.9 Å². The summed E-state index contributed by atoms with van der Waals surface area (Å²) < 4.78 is 10.8. The predicted octanol–water partition coefficient (Wildman–Crippen LogP) is 5.39. The van der Waals surface area contributed by atoms with Gasteiger partial charge in [0.2, 0.25) is 6.79 Å². The van der Waals surface area contributed by atoms with Gasteiger partial charge in [0.25, 0.3) is 0 Å². The third-order valence-electron chi connectivity index (χ3n) is 6.26. The maximum Gasteiger partial charge on any atom is 0.306 e. The Morgan fingerprint density at radius 2 is 2.00 bits per heavy atom. The first-order valence-electron chi connectivity index (χ1n) is 10.8. The molecule has 1 aliphatic heterocycles. The molecule has 7 nitrogen and oxygen atoms in total. The highest BCUT2D eigenvalue weighted by Gasteiger charge is 2.29. The number of halogens is 1. The van der Waals surface area contributed by atoms with Gasteiger partial charge in [-0.15, -0.1) is 11.3 Å². The van der Waals surface area contributed by atoms with Crippen LogP contribution in [0.4, 0.5) is 5.82 Å². The van der Waals surface area contributed by atoms with Crippen LogP contribution in [0.5, 0.6) is 11.5 Å². The predicted molar refractivity (Wildman–Crippen MR) is 124 cm³/mol. The number of nitrogens with zero attached hydrogens (tertiary/aromatic N) is 2. The summed E-state index contributed by atoms with van der Waals surface area (Å²) in [7, 11) is 0. The fourth-order valence-corrected chi connectivity index (χ4v) is 5.70. The molecular weight excluding hydrogens is 450 g/mol. The van der Waals surface area contributed by atoms with Crippen molar-refractivity contribution in [2.75, 3.05) is 18.7 Å². The van der Waals surface area contributed by atoms with Gasteiger partial charge in [-0.1, -0.05) is 17.7 Å². The van der Waals surface area contributed by atoms with E-state index in [0.29, 0.717) is 24.4 Å². The van der Waals surface area contributed by atoms with Gasteiger partial charge in [-0.2, -0.15) is 0 Å². The van der Waals surface area contributed by atoms with Crippen LogP contribution < -0.4 is 14.8 Å². The number of hydrogen-bond acceptors (Lipinski definition) is 7. The number of nitrogens with one attached hydrogen (secondary N) is 1. The van der Waals surface area contributed by atoms with E-state index < -0.39 is 5.97 Å². The van der Waals surface area contributed by atoms with Crippen molar-refractivity contribution in [3.63, 3.8) is 0 Å². The monoisotopic (exact) mass is 473 g/mol. The van der Waals surface area contributed by atoms with Crippen LogP contribution in [-0.2, 0) is 11.2 Å². The topological polar surface area (TPSA) is 93.6 Å². The second-order valence-electron chi connectivity index (χ2n) is 8.33. The normalized spacial score (nSPS) is 19.9. The molecule has 32 heavy (non-hydrogen) atoms. The Kier molecular flexibility index (Phi) is 5.82. The van der Waals surface area contributed by atoms with Crippen LogP contribution in [0.2, 0.25) is 5.02 Å². The standard InChI is InChI=1S/C23H24ClN3O4S/c1-12-19(24)18-21(25-9-8-13-2-7-16-17(10-13)31-11-30-16)26-20(27-22(18)32-12)14-3-5-15(6-4-14)23(28)29/h2,7,10,14-15H,3-6,8-9,11H2,1H3,(H,28,29)(H,25,26,27). The van der Waals surface area contributed by atoms with Gasteiger partial charge in [-0.25, -0.2) is 9.97 Å². The lowest BCUT2D eigenvalue weighted by molar-refractivity contribution is -0.142. The Morgan fingerprint density at radius 3 is 2.78 bits per heavy atom. The Hall–Kier alpha value is -2.58. The van der Waals surface area contributed by atoms with E-state index in [1.54, 1.807) is 11.3 Å². The van der Waals surface area contributed by atoms with Gasteiger partial charge in [-0.3, -0.25) is 4.79 Å². The number of aryl methyl sites for hydroxylation is 1. The number of benzene rings is 1. The van der Waals surface area contributed by atoms with Gasteiger partial charge in [0.1, 0.15) is 16.5 Å². The molecule has 0 radical (unpaired) electrons. The van der Waals surface area contributed by atoms with E-state index >= 15 is 0 Å². The minimum atomic E-state index is -0.702. The first-order chi connectivity index (χ1) is 15.5. The van der Waals surface area contributed by atoms with Crippen molar-refractivity contribution in [1.29, 1.82) is 0 Å². The molecule has 0 unspecified atom stereocenters. The highest BCUT2D eigenvalue weighted by atomic mass is 35.5. The summed E-state index contributed by atoms with van der Waals surface area (Å²) in [4.78, 5) is 22.9. The number of carboxylic acid groups (broad SMARTS) is 1. The number of aromatic nitrogens is 2. The zero-order chi connectivity index (χ0) is 22.2. The third-order valence-corrected chi connectivity index (χ3v) is 7.84. The Balaban J connectivity index is 1.36. The summed E-state index contributed by atoms with van der Waals surface area (Å²) in [6.07, 6.45) is 3.70. The summed E-state index contributed by atoms with van der Waals surface area (Å²) in [5.74, 6) is 2.31. The van der Waals surface area contributed by atoms with Crippen molar-refractivity contribution >= 4 is 44.9 Å². The summed E-state index contributed by atoms with van der Waals surface area (Å²) in [5.41, 5.74) is 1.15. The lowest BCUT2D eigenvalue weighted by atomic mass is 9.81. The molecule has 0 spiro atoms. The molecule has 9 heteroatoms. The number of carboxylic acids is 1. The second-order valence-corrected chi connectivity index (χ2v) is 9.92. The molecule has 2 aromatic heterocycles. The van der Waals surface area contributed by atoms with Gasteiger partial charge in [-0.05, 0) is 56.7 Å². The van der Waals surface area contributed by atoms with Crippen molar-refractivity contribution in [2.45, 2.75) is 44.9 Å². The second kappa shape index (κ2) is 8.75. The lowest BCUT2D eigenvalue weighted by Crippen LogP contribution is -2.21. The number of fused-ring (bicyclic) bond motifs is 2. The molecule has 0 atom stereocenters. The van der Waals surface area contributed by atoms with Crippen molar-refractivity contribution in [3.8, 4) is 11.5 Å². The van der Waals surface area contributed by atoms with Crippen molar-refractivity contribution in [2.24, 2.45) is 5.92 Å². The summed E-state index contributed by atoms with van der Waals surface area (Å²) >= 11 is 8.17. The van der Waals surface area contributed by atoms with Crippen molar-refractivity contribution < 1.29 is 19.4 Å². The zero-order valence-corrected chi connectivity index (χ0v) is 19.3. The van der Waals surface area contributed by atoms with E-state index in [1.165, 1.54) is 0 Å². The number of hydrogen-bond donors (Lipinski definition) is 2. The van der Waals surface area contributed by atoms with Crippen LogP contribution in [0.3, 0.4) is 0 Å². The van der Waals surface area contributed by atoms with Gasteiger partial charge in [0.15, 0.2) is 11.5 Å². The first kappa shape index (κ1) is 21.3. The molecule has 5 rings (SSSR count). The molecule has 2 aliphatic rings. The molecule has 168 valence electrons. The van der Waals surface area contributed by atoms with Gasteiger partial charge in [0.05, 0.1) is 16.3 Å². The Morgan fingerprint density at radius 1 is 1.22 bits per heavy atom. The molecular formula is C23H24ClN3O4S. The Labute approximate surface area is 194 Å². The maximum atomic E-state index is 11.3. The van der Waals surface area contributed by atoms with Crippen LogP contribution in [0.25, 0.3) is 10.2 Å². The molecule has 2 N–H and O–H groups in total. The fraction of sp³-hybridized carbons (Fsp3) is 0.435. The fourth-order valence-electron chi connectivity index (χ4n) is 4.42. The lowest BCUT2D eigenvalue weighted by Gasteiger charge is -2.25. The average Bonchev–Trinajstić information content (AvgIpc) is 3.37. The highest BCUT2D eigenvalue weighted by molar-refractivity contribution is 7.19. The van der Waals surface area contributed by atoms with Gasteiger partial charge in [0, 0.05) is 17.3 Å². The van der Waals surface area contributed by atoms with Gasteiger partial charge >= 0.3 is 5.97 Å². The molecule has 0 saturated heterocycles. The number of anilines is 1. The van der Waals surface area contributed by atoms with E-state index in [9.17, 15) is 9.90 Å². The smallest absolute Gasteiger partial charge is 0.306 e. The molecule has 0 bridgehead atoms. The molecule has 1 aliphatic carbocycles. The van der Waals surface area contributed by atoms with Gasteiger partial charge < -0.3 is 19.9 Å².